The minimum Gasteiger partial charge on any atom is -0.492 e. The largest absolute Gasteiger partial charge is 0.492 e. The number of nitrogens with one attached hydrogen (secondary N) is 1. The van der Waals surface area contributed by atoms with E-state index in [1.165, 1.54) is 24.3 Å². The van der Waals surface area contributed by atoms with Crippen LogP contribution in [0.2, 0.25) is 0 Å². The molecule has 0 aliphatic heterocycles. The first kappa shape index (κ1) is 33.6. The van der Waals surface area contributed by atoms with Gasteiger partial charge in [-0.15, -0.1) is 0 Å². The van der Waals surface area contributed by atoms with Gasteiger partial charge in [-0.1, -0.05) is 60.8 Å². The molecule has 9 nitrogen and oxygen atoms in total. The van der Waals surface area contributed by atoms with Gasteiger partial charge in [-0.05, 0) is 55.3 Å². The molecule has 0 unspecified atom stereocenters. The molecule has 216 valence electrons. The maximum atomic E-state index is 13.2. The van der Waals surface area contributed by atoms with Gasteiger partial charge in [0.25, 0.3) is 5.91 Å². The Hall–Kier alpha value is -3.40. The highest BCUT2D eigenvalue weighted by Crippen LogP contribution is 2.39. The fraction of sp³-hybridized carbons (Fsp3) is 0.483. The van der Waals surface area contributed by atoms with Gasteiger partial charge in [0.15, 0.2) is 20.3 Å². The van der Waals surface area contributed by atoms with Crippen molar-refractivity contribution in [2.24, 2.45) is 5.73 Å². The van der Waals surface area contributed by atoms with E-state index in [2.05, 4.69) is 10.3 Å². The number of ether oxygens (including phenoxy) is 1. The number of sulfone groups is 1. The Morgan fingerprint density at radius 3 is 2.18 bits per heavy atom. The molecule has 1 aliphatic carbocycles. The van der Waals surface area contributed by atoms with E-state index in [1.807, 2.05) is 41.5 Å². The first-order chi connectivity index (χ1) is 18.8. The number of aromatic nitrogens is 1. The van der Waals surface area contributed by atoms with E-state index in [4.69, 9.17) is 14.9 Å². The van der Waals surface area contributed by atoms with Crippen LogP contribution in [0.25, 0.3) is 11.1 Å². The monoisotopic (exact) mass is 561 g/mol. The Morgan fingerprint density at radius 1 is 1.00 bits per heavy atom. The minimum absolute atomic E-state index is 0.0438. The van der Waals surface area contributed by atoms with Crippen molar-refractivity contribution in [3.8, 4) is 5.75 Å². The molecule has 1 fully saturated rings. The molecule has 0 bridgehead atoms. The van der Waals surface area contributed by atoms with Crippen LogP contribution in [0, 0.1) is 0 Å². The smallest absolute Gasteiger partial charge is 0.287 e. The molecule has 2 amide bonds. The van der Waals surface area contributed by atoms with Crippen molar-refractivity contribution in [1.82, 2.24) is 10.3 Å². The lowest BCUT2D eigenvalue weighted by atomic mass is 9.88. The van der Waals surface area contributed by atoms with Crippen molar-refractivity contribution in [2.75, 3.05) is 13.2 Å². The Labute approximate surface area is 232 Å². The van der Waals surface area contributed by atoms with Crippen LogP contribution in [0.5, 0.6) is 5.75 Å². The summed E-state index contributed by atoms with van der Waals surface area (Å²) in [5.41, 5.74) is 5.93. The molecule has 0 saturated heterocycles. The average Bonchev–Trinajstić information content (AvgIpc) is 3.43. The fourth-order valence-electron chi connectivity index (χ4n) is 4.12. The third-order valence-corrected chi connectivity index (χ3v) is 8.46. The average molecular weight is 562 g/mol. The van der Waals surface area contributed by atoms with Gasteiger partial charge in [-0.25, -0.2) is 13.4 Å². The number of amides is 2. The third kappa shape index (κ3) is 8.05. The summed E-state index contributed by atoms with van der Waals surface area (Å²) in [7, 11) is -3.92. The number of carbonyl (C=O) groups is 2. The highest BCUT2D eigenvalue weighted by molar-refractivity contribution is 7.93. The summed E-state index contributed by atoms with van der Waals surface area (Å²) < 4.78 is 35.8. The van der Waals surface area contributed by atoms with Gasteiger partial charge in [0.1, 0.15) is 12.4 Å². The van der Waals surface area contributed by atoms with Crippen molar-refractivity contribution >= 4 is 32.8 Å². The molecule has 2 aromatic heterocycles. The van der Waals surface area contributed by atoms with Crippen molar-refractivity contribution < 1.29 is 27.2 Å². The molecular formula is C29H43N3O6S. The number of benzene rings is 1. The molecule has 10 heteroatoms. The number of pyridine rings is 1. The van der Waals surface area contributed by atoms with E-state index in [1.54, 1.807) is 24.4 Å². The van der Waals surface area contributed by atoms with Gasteiger partial charge in [-0.2, -0.15) is 0 Å². The third-order valence-electron chi connectivity index (χ3n) is 5.93. The topological polar surface area (TPSA) is 142 Å². The van der Waals surface area contributed by atoms with Crippen LogP contribution in [0.1, 0.15) is 84.2 Å². The highest BCUT2D eigenvalue weighted by Gasteiger charge is 2.50. The lowest BCUT2D eigenvalue weighted by molar-refractivity contribution is -0.121. The maximum Gasteiger partial charge on any atom is 0.287 e. The first-order valence-corrected chi connectivity index (χ1v) is 15.2. The number of nitrogens with two attached hydrogens (primary N) is 1. The molecule has 2 heterocycles. The van der Waals surface area contributed by atoms with E-state index in [0.717, 1.165) is 11.8 Å². The van der Waals surface area contributed by atoms with E-state index >= 15 is 0 Å². The lowest BCUT2D eigenvalue weighted by Crippen LogP contribution is -2.51. The van der Waals surface area contributed by atoms with Gasteiger partial charge in [0, 0.05) is 11.6 Å². The predicted octanol–water partition coefficient (Wildman–Crippen LogP) is 5.68. The molecule has 3 N–H and O–H groups in total. The molecule has 1 aliphatic rings. The summed E-state index contributed by atoms with van der Waals surface area (Å²) in [4.78, 5) is 28.4. The number of hydrogen-bond acceptors (Lipinski definition) is 7. The van der Waals surface area contributed by atoms with Gasteiger partial charge in [-0.3, -0.25) is 9.59 Å². The molecule has 1 saturated carbocycles. The Balaban J connectivity index is 0.00000119. The molecule has 4 rings (SSSR count). The van der Waals surface area contributed by atoms with Gasteiger partial charge in [0.05, 0.1) is 11.4 Å². The van der Waals surface area contributed by atoms with Crippen molar-refractivity contribution in [3.05, 3.63) is 54.4 Å². The van der Waals surface area contributed by atoms with Crippen LogP contribution in [-0.4, -0.2) is 43.1 Å². The van der Waals surface area contributed by atoms with Crippen LogP contribution >= 0.6 is 0 Å². The van der Waals surface area contributed by atoms with E-state index in [-0.39, 0.29) is 42.6 Å². The number of fused-ring (bicyclic) bond motifs is 1. The quantitative estimate of drug-likeness (QED) is 0.337. The number of hydrogen-bond donors (Lipinski definition) is 2. The number of furan rings is 1. The summed E-state index contributed by atoms with van der Waals surface area (Å²) >= 11 is 0. The summed E-state index contributed by atoms with van der Waals surface area (Å²) in [5, 5.41) is 3.43. The second-order valence-electron chi connectivity index (χ2n) is 8.01. The summed E-state index contributed by atoms with van der Waals surface area (Å²) in [6, 6.07) is 11.1. The lowest BCUT2D eigenvalue weighted by Gasteiger charge is -2.33. The van der Waals surface area contributed by atoms with E-state index in [0.29, 0.717) is 24.3 Å². The van der Waals surface area contributed by atoms with Gasteiger partial charge < -0.3 is 20.2 Å². The van der Waals surface area contributed by atoms with Crippen LogP contribution in [0.4, 0.5) is 0 Å². The predicted molar refractivity (Wildman–Crippen MR) is 155 cm³/mol. The fourth-order valence-corrected chi connectivity index (χ4v) is 6.15. The molecule has 0 radical (unpaired) electrons. The summed E-state index contributed by atoms with van der Waals surface area (Å²) in [5.74, 6) is -0.585. The number of rotatable bonds is 8. The van der Waals surface area contributed by atoms with Crippen LogP contribution in [0.3, 0.4) is 0 Å². The molecule has 39 heavy (non-hydrogen) atoms. The van der Waals surface area contributed by atoms with Gasteiger partial charge >= 0.3 is 0 Å². The van der Waals surface area contributed by atoms with E-state index < -0.39 is 20.5 Å². The second-order valence-corrected chi connectivity index (χ2v) is 10.3. The Kier molecular flexibility index (Phi) is 14.3. The normalized spacial score (nSPS) is 13.8. The van der Waals surface area contributed by atoms with Crippen molar-refractivity contribution in [3.63, 3.8) is 0 Å². The van der Waals surface area contributed by atoms with Crippen LogP contribution in [-0.2, 0) is 14.6 Å². The molecule has 0 spiro atoms. The zero-order chi connectivity index (χ0) is 29.5. The molecule has 1 aromatic carbocycles. The maximum absolute atomic E-state index is 13.2. The first-order valence-electron chi connectivity index (χ1n) is 13.7. The Morgan fingerprint density at radius 2 is 1.62 bits per heavy atom. The number of carbonyl (C=O) groups excluding carboxylic acids is 2. The van der Waals surface area contributed by atoms with Crippen molar-refractivity contribution in [2.45, 2.75) is 83.3 Å². The van der Waals surface area contributed by atoms with Gasteiger partial charge in [0.2, 0.25) is 11.6 Å². The van der Waals surface area contributed by atoms with Crippen LogP contribution < -0.4 is 15.8 Å². The minimum atomic E-state index is -3.92. The standard InChI is InChI=1S/C23H25N3O6S.3C2H6/c24-22(28)23(10-2-1-3-11-23)33(29,30)18-8-6-17(7-9-18)31-14-13-25-20(27)19-15-16-5-4-12-26-21(16)32-19;3*1-2/h4-9,12,15H,1-3,10-11,13-14H2,(H2,24,28)(H,25,27);3*1-2H3. The van der Waals surface area contributed by atoms with E-state index in [9.17, 15) is 18.0 Å². The highest BCUT2D eigenvalue weighted by atomic mass is 32.2. The Bertz CT molecular complexity index is 1230. The number of nitrogens with zero attached hydrogens (tertiary/aromatic N) is 1. The zero-order valence-electron chi connectivity index (χ0n) is 24.0. The second kappa shape index (κ2) is 16.5. The number of primary amides is 1. The van der Waals surface area contributed by atoms with Crippen molar-refractivity contribution in [1.29, 1.82) is 0 Å². The summed E-state index contributed by atoms with van der Waals surface area (Å²) in [6.45, 7) is 12.4. The van der Waals surface area contributed by atoms with Crippen LogP contribution in [0.15, 0.2) is 58.0 Å². The molecular weight excluding hydrogens is 518 g/mol. The molecule has 3 aromatic rings. The molecule has 0 atom stereocenters. The zero-order valence-corrected chi connectivity index (χ0v) is 24.8. The SMILES string of the molecule is CC.CC.CC.NC(=O)C1(S(=O)(=O)c2ccc(OCCNC(=O)c3cc4cccnc4o3)cc2)CCCCC1. The summed E-state index contributed by atoms with van der Waals surface area (Å²) in [6.07, 6.45) is 4.26.